The summed E-state index contributed by atoms with van der Waals surface area (Å²) >= 11 is 0. The Hall–Kier alpha value is -2.16. The Morgan fingerprint density at radius 2 is 2.00 bits per heavy atom. The minimum Gasteiger partial charge on any atom is -0.444 e. The second-order valence-electron chi connectivity index (χ2n) is 5.97. The lowest BCUT2D eigenvalue weighted by Crippen LogP contribution is -2.32. The molecule has 0 unspecified atom stereocenters. The van der Waals surface area contributed by atoms with E-state index in [1.54, 1.807) is 33.2 Å². The third kappa shape index (κ3) is 3.05. The van der Waals surface area contributed by atoms with Crippen LogP contribution in [-0.4, -0.2) is 21.7 Å². The number of nitriles is 1. The van der Waals surface area contributed by atoms with Crippen molar-refractivity contribution in [3.63, 3.8) is 0 Å². The zero-order valence-electron chi connectivity index (χ0n) is 11.9. The zero-order chi connectivity index (χ0) is 14.8. The Morgan fingerprint density at radius 3 is 2.40 bits per heavy atom. The summed E-state index contributed by atoms with van der Waals surface area (Å²) in [6.07, 6.45) is 5.33. The summed E-state index contributed by atoms with van der Waals surface area (Å²) in [7, 11) is 0. The fraction of sp³-hybridized carbons (Fsp3) is 0.571. The van der Waals surface area contributed by atoms with Crippen LogP contribution in [0.25, 0.3) is 0 Å². The summed E-state index contributed by atoms with van der Waals surface area (Å²) in [6.45, 7) is 5.34. The fourth-order valence-corrected chi connectivity index (χ4v) is 2.03. The molecule has 1 aliphatic carbocycles. The maximum absolute atomic E-state index is 11.6. The van der Waals surface area contributed by atoms with Crippen molar-refractivity contribution in [3.8, 4) is 6.07 Å². The van der Waals surface area contributed by atoms with Crippen LogP contribution in [0.4, 0.5) is 10.7 Å². The van der Waals surface area contributed by atoms with Gasteiger partial charge in [0.2, 0.25) is 5.95 Å². The first-order valence-electron chi connectivity index (χ1n) is 6.58. The Bertz CT molecular complexity index is 536. The number of nitrogens with zero attached hydrogens (tertiary/aromatic N) is 3. The molecule has 6 heteroatoms. The summed E-state index contributed by atoms with van der Waals surface area (Å²) in [6, 6.07) is 2.33. The van der Waals surface area contributed by atoms with Crippen molar-refractivity contribution in [2.45, 2.75) is 51.0 Å². The van der Waals surface area contributed by atoms with Crippen molar-refractivity contribution in [1.29, 1.82) is 5.26 Å². The summed E-state index contributed by atoms with van der Waals surface area (Å²) in [5.41, 5.74) is -0.202. The number of ether oxygens (including phenoxy) is 1. The average molecular weight is 274 g/mol. The molecule has 0 aliphatic heterocycles. The van der Waals surface area contributed by atoms with Gasteiger partial charge in [0.15, 0.2) is 0 Å². The number of anilines is 1. The summed E-state index contributed by atoms with van der Waals surface area (Å²) < 4.78 is 5.11. The van der Waals surface area contributed by atoms with Gasteiger partial charge in [-0.3, -0.25) is 5.32 Å². The van der Waals surface area contributed by atoms with E-state index in [0.717, 1.165) is 24.8 Å². The normalized spacial score (nSPS) is 16.7. The highest BCUT2D eigenvalue weighted by atomic mass is 16.6. The van der Waals surface area contributed by atoms with E-state index in [-0.39, 0.29) is 5.95 Å². The van der Waals surface area contributed by atoms with Crippen LogP contribution in [0.5, 0.6) is 0 Å². The lowest BCUT2D eigenvalue weighted by molar-refractivity contribution is 0.0634. The number of aromatic nitrogens is 2. The number of hydrogen-bond acceptors (Lipinski definition) is 5. The van der Waals surface area contributed by atoms with Crippen LogP contribution in [0.1, 0.15) is 45.6 Å². The predicted molar refractivity (Wildman–Crippen MR) is 73.0 cm³/mol. The van der Waals surface area contributed by atoms with Gasteiger partial charge >= 0.3 is 6.09 Å². The topological polar surface area (TPSA) is 87.9 Å². The molecule has 0 saturated heterocycles. The van der Waals surface area contributed by atoms with Crippen molar-refractivity contribution >= 4 is 12.0 Å². The van der Waals surface area contributed by atoms with E-state index >= 15 is 0 Å². The van der Waals surface area contributed by atoms with Crippen LogP contribution in [0.15, 0.2) is 12.4 Å². The maximum Gasteiger partial charge on any atom is 0.414 e. The largest absolute Gasteiger partial charge is 0.444 e. The van der Waals surface area contributed by atoms with E-state index < -0.39 is 17.1 Å². The van der Waals surface area contributed by atoms with E-state index in [0.29, 0.717) is 0 Å². The van der Waals surface area contributed by atoms with Crippen LogP contribution in [-0.2, 0) is 10.2 Å². The van der Waals surface area contributed by atoms with Gasteiger partial charge in [-0.25, -0.2) is 14.8 Å². The van der Waals surface area contributed by atoms with Crippen molar-refractivity contribution in [1.82, 2.24) is 9.97 Å². The SMILES string of the molecule is CC(C)(C)OC(=O)Nc1ncc(C2(C#N)CCC2)cn1. The Balaban J connectivity index is 2.02. The quantitative estimate of drug-likeness (QED) is 0.895. The number of amides is 1. The van der Waals surface area contributed by atoms with Gasteiger partial charge in [-0.15, -0.1) is 0 Å². The first-order chi connectivity index (χ1) is 9.35. The molecule has 1 aromatic rings. The number of hydrogen-bond donors (Lipinski definition) is 1. The summed E-state index contributed by atoms with van der Waals surface area (Å²) in [5.74, 6) is 0.176. The van der Waals surface area contributed by atoms with E-state index in [1.165, 1.54) is 0 Å². The first kappa shape index (κ1) is 14.3. The smallest absolute Gasteiger partial charge is 0.414 e. The van der Waals surface area contributed by atoms with Gasteiger partial charge in [0.05, 0.1) is 11.5 Å². The average Bonchev–Trinajstić information content (AvgIpc) is 2.28. The van der Waals surface area contributed by atoms with Gasteiger partial charge in [-0.2, -0.15) is 5.26 Å². The zero-order valence-corrected chi connectivity index (χ0v) is 11.9. The van der Waals surface area contributed by atoms with Gasteiger partial charge in [0.25, 0.3) is 0 Å². The third-order valence-corrected chi connectivity index (χ3v) is 3.24. The van der Waals surface area contributed by atoms with Gasteiger partial charge in [-0.1, -0.05) is 0 Å². The lowest BCUT2D eigenvalue weighted by Gasteiger charge is -2.34. The van der Waals surface area contributed by atoms with Gasteiger partial charge in [0, 0.05) is 18.0 Å². The molecule has 1 amide bonds. The minimum absolute atomic E-state index is 0.176. The fourth-order valence-electron chi connectivity index (χ4n) is 2.03. The molecular weight excluding hydrogens is 256 g/mol. The Labute approximate surface area is 118 Å². The molecular formula is C14H18N4O2. The van der Waals surface area contributed by atoms with E-state index in [9.17, 15) is 10.1 Å². The summed E-state index contributed by atoms with van der Waals surface area (Å²) in [5, 5.41) is 11.7. The Kier molecular flexibility index (Phi) is 3.62. The van der Waals surface area contributed by atoms with Crippen molar-refractivity contribution < 1.29 is 9.53 Å². The van der Waals surface area contributed by atoms with Crippen LogP contribution in [0.3, 0.4) is 0 Å². The van der Waals surface area contributed by atoms with Gasteiger partial charge in [0.1, 0.15) is 5.60 Å². The van der Waals surface area contributed by atoms with Crippen LogP contribution in [0.2, 0.25) is 0 Å². The molecule has 1 N–H and O–H groups in total. The van der Waals surface area contributed by atoms with Crippen LogP contribution >= 0.6 is 0 Å². The van der Waals surface area contributed by atoms with Crippen molar-refractivity contribution in [3.05, 3.63) is 18.0 Å². The molecule has 1 saturated carbocycles. The van der Waals surface area contributed by atoms with Gasteiger partial charge in [-0.05, 0) is 40.0 Å². The molecule has 0 bridgehead atoms. The molecule has 1 heterocycles. The molecule has 6 nitrogen and oxygen atoms in total. The molecule has 1 aliphatic rings. The molecule has 0 radical (unpaired) electrons. The maximum atomic E-state index is 11.6. The highest BCUT2D eigenvalue weighted by molar-refractivity contribution is 5.82. The van der Waals surface area contributed by atoms with Crippen molar-refractivity contribution in [2.75, 3.05) is 5.32 Å². The number of carbonyl (C=O) groups is 1. The molecule has 106 valence electrons. The van der Waals surface area contributed by atoms with Gasteiger partial charge < -0.3 is 4.74 Å². The second-order valence-corrected chi connectivity index (χ2v) is 5.97. The predicted octanol–water partition coefficient (Wildman–Crippen LogP) is 2.77. The molecule has 1 fully saturated rings. The molecule has 20 heavy (non-hydrogen) atoms. The lowest BCUT2D eigenvalue weighted by atomic mass is 9.66. The molecule has 0 aromatic carbocycles. The first-order valence-corrected chi connectivity index (χ1v) is 6.58. The second kappa shape index (κ2) is 5.08. The van der Waals surface area contributed by atoms with E-state index in [1.807, 2.05) is 0 Å². The molecule has 0 spiro atoms. The van der Waals surface area contributed by atoms with Crippen molar-refractivity contribution in [2.24, 2.45) is 0 Å². The number of rotatable bonds is 2. The number of nitrogens with one attached hydrogen (secondary N) is 1. The third-order valence-electron chi connectivity index (χ3n) is 3.24. The number of carbonyl (C=O) groups excluding carboxylic acids is 1. The highest BCUT2D eigenvalue weighted by Crippen LogP contribution is 2.42. The monoisotopic (exact) mass is 274 g/mol. The molecule has 0 atom stereocenters. The Morgan fingerprint density at radius 1 is 1.40 bits per heavy atom. The highest BCUT2D eigenvalue weighted by Gasteiger charge is 2.39. The molecule has 2 rings (SSSR count). The molecule has 1 aromatic heterocycles. The summed E-state index contributed by atoms with van der Waals surface area (Å²) in [4.78, 5) is 19.7. The van der Waals surface area contributed by atoms with E-state index in [4.69, 9.17) is 4.74 Å². The van der Waals surface area contributed by atoms with Crippen LogP contribution in [0, 0.1) is 11.3 Å². The van der Waals surface area contributed by atoms with Crippen LogP contribution < -0.4 is 5.32 Å². The minimum atomic E-state index is -0.594. The standard InChI is InChI=1S/C14H18N4O2/c1-13(2,3)20-12(19)18-11-16-7-10(8-17-11)14(9-15)5-4-6-14/h7-8H,4-6H2,1-3H3,(H,16,17,18,19). The van der Waals surface area contributed by atoms with E-state index in [2.05, 4.69) is 21.4 Å².